The van der Waals surface area contributed by atoms with Crippen LogP contribution in [0.3, 0.4) is 0 Å². The first-order chi connectivity index (χ1) is 9.01. The Morgan fingerprint density at radius 1 is 1.58 bits per heavy atom. The Bertz CT molecular complexity index is 470. The van der Waals surface area contributed by atoms with Crippen LogP contribution in [-0.2, 0) is 6.54 Å². The smallest absolute Gasteiger partial charge is 0.270 e. The van der Waals surface area contributed by atoms with Crippen LogP contribution in [0, 0.1) is 11.3 Å². The molecular weight excluding hydrogens is 240 g/mol. The maximum Gasteiger partial charge on any atom is 0.270 e. The van der Waals surface area contributed by atoms with E-state index in [2.05, 4.69) is 13.0 Å². The predicted octanol–water partition coefficient (Wildman–Crippen LogP) is 2.24. The van der Waals surface area contributed by atoms with Gasteiger partial charge in [-0.15, -0.1) is 0 Å². The second-order valence-corrected chi connectivity index (χ2v) is 4.85. The lowest BCUT2D eigenvalue weighted by Crippen LogP contribution is -2.38. The first-order valence-corrected chi connectivity index (χ1v) is 6.64. The Morgan fingerprint density at radius 3 is 2.79 bits per heavy atom. The number of hydrogen-bond acceptors (Lipinski definition) is 3. The molecule has 0 spiro atoms. The highest BCUT2D eigenvalue weighted by Crippen LogP contribution is 2.15. The zero-order valence-corrected chi connectivity index (χ0v) is 11.9. The van der Waals surface area contributed by atoms with Crippen LogP contribution >= 0.6 is 0 Å². The van der Waals surface area contributed by atoms with E-state index < -0.39 is 0 Å². The topological polar surface area (TPSA) is 75.0 Å². The van der Waals surface area contributed by atoms with Gasteiger partial charge in [0.05, 0.1) is 18.2 Å². The number of nitriles is 1. The van der Waals surface area contributed by atoms with E-state index in [1.54, 1.807) is 17.2 Å². The van der Waals surface area contributed by atoms with Crippen molar-refractivity contribution in [3.63, 3.8) is 0 Å². The number of nitrogens with zero attached hydrogens (tertiary/aromatic N) is 3. The summed E-state index contributed by atoms with van der Waals surface area (Å²) < 4.78 is 1.89. The summed E-state index contributed by atoms with van der Waals surface area (Å²) in [5.41, 5.74) is 6.98. The van der Waals surface area contributed by atoms with E-state index in [0.717, 1.165) is 13.0 Å². The molecule has 0 aliphatic heterocycles. The number of carbonyl (C=O) groups is 1. The molecule has 0 aliphatic rings. The van der Waals surface area contributed by atoms with Crippen molar-refractivity contribution < 1.29 is 4.79 Å². The average Bonchev–Trinajstić information content (AvgIpc) is 2.70. The molecular formula is C14H22N4O. The summed E-state index contributed by atoms with van der Waals surface area (Å²) in [6.07, 6.45) is 3.07. The fourth-order valence-electron chi connectivity index (χ4n) is 2.05. The molecule has 0 unspecified atom stereocenters. The fourth-order valence-corrected chi connectivity index (χ4v) is 2.05. The van der Waals surface area contributed by atoms with E-state index >= 15 is 0 Å². The van der Waals surface area contributed by atoms with E-state index in [4.69, 9.17) is 11.0 Å². The number of aromatic nitrogens is 1. The second kappa shape index (κ2) is 6.83. The number of carbonyl (C=O) groups excluding carboxylic acids is 1. The molecule has 0 fully saturated rings. The summed E-state index contributed by atoms with van der Waals surface area (Å²) in [7, 11) is 0. The number of anilines is 1. The van der Waals surface area contributed by atoms with E-state index in [1.807, 2.05) is 18.4 Å². The van der Waals surface area contributed by atoms with Gasteiger partial charge in [0.1, 0.15) is 5.69 Å². The van der Waals surface area contributed by atoms with Gasteiger partial charge in [0, 0.05) is 25.3 Å². The summed E-state index contributed by atoms with van der Waals surface area (Å²) in [4.78, 5) is 14.3. The summed E-state index contributed by atoms with van der Waals surface area (Å²) in [6.45, 7) is 7.17. The molecule has 5 heteroatoms. The van der Waals surface area contributed by atoms with Crippen molar-refractivity contribution in [1.29, 1.82) is 5.26 Å². The maximum atomic E-state index is 12.5. The predicted molar refractivity (Wildman–Crippen MR) is 75.5 cm³/mol. The van der Waals surface area contributed by atoms with Gasteiger partial charge in [-0.3, -0.25) is 4.79 Å². The van der Waals surface area contributed by atoms with Crippen LogP contribution in [0.25, 0.3) is 0 Å². The molecule has 1 amide bonds. The quantitative estimate of drug-likeness (QED) is 0.854. The molecule has 0 radical (unpaired) electrons. The van der Waals surface area contributed by atoms with Crippen molar-refractivity contribution in [3.8, 4) is 6.07 Å². The number of nitrogen functional groups attached to an aromatic ring is 1. The number of rotatable bonds is 6. The van der Waals surface area contributed by atoms with Gasteiger partial charge in [-0.2, -0.15) is 5.26 Å². The third-order valence-corrected chi connectivity index (χ3v) is 2.95. The first-order valence-electron chi connectivity index (χ1n) is 6.64. The highest BCUT2D eigenvalue weighted by Gasteiger charge is 2.21. The fraction of sp³-hybridized carbons (Fsp3) is 0.571. The number of nitrogens with two attached hydrogens (primary N) is 1. The summed E-state index contributed by atoms with van der Waals surface area (Å²) in [6, 6.07) is 3.85. The number of hydrogen-bond donors (Lipinski definition) is 1. The molecule has 1 aromatic heterocycles. The van der Waals surface area contributed by atoms with Gasteiger partial charge in [0.25, 0.3) is 5.91 Å². The van der Waals surface area contributed by atoms with Gasteiger partial charge in [0.15, 0.2) is 0 Å². The van der Waals surface area contributed by atoms with Crippen LogP contribution in [0.2, 0.25) is 0 Å². The number of aryl methyl sites for hydroxylation is 1. The molecule has 0 atom stereocenters. The van der Waals surface area contributed by atoms with Crippen LogP contribution < -0.4 is 5.73 Å². The molecule has 0 saturated heterocycles. The minimum atomic E-state index is -0.0598. The highest BCUT2D eigenvalue weighted by atomic mass is 16.2. The molecule has 0 aliphatic carbocycles. The lowest BCUT2D eigenvalue weighted by molar-refractivity contribution is 0.0699. The van der Waals surface area contributed by atoms with Gasteiger partial charge in [0.2, 0.25) is 0 Å². The highest BCUT2D eigenvalue weighted by molar-refractivity contribution is 5.94. The lowest BCUT2D eigenvalue weighted by Gasteiger charge is -2.26. The van der Waals surface area contributed by atoms with Gasteiger partial charge >= 0.3 is 0 Å². The van der Waals surface area contributed by atoms with Crippen LogP contribution in [-0.4, -0.2) is 28.0 Å². The van der Waals surface area contributed by atoms with E-state index in [1.165, 1.54) is 0 Å². The molecule has 19 heavy (non-hydrogen) atoms. The standard InChI is InChI=1S/C14H22N4O/c1-4-7-17-10-12(16)9-13(17)14(19)18(11(2)3)8-5-6-15/h9-11H,4-5,7-8,16H2,1-3H3. The van der Waals surface area contributed by atoms with Crippen molar-refractivity contribution in [2.24, 2.45) is 0 Å². The molecule has 1 aromatic rings. The first kappa shape index (κ1) is 15.1. The van der Waals surface area contributed by atoms with E-state index in [-0.39, 0.29) is 11.9 Å². The van der Waals surface area contributed by atoms with Gasteiger partial charge in [-0.25, -0.2) is 0 Å². The van der Waals surface area contributed by atoms with Crippen molar-refractivity contribution in [2.45, 2.75) is 46.2 Å². The van der Waals surface area contributed by atoms with Crippen LogP contribution in [0.5, 0.6) is 0 Å². The van der Waals surface area contributed by atoms with Gasteiger partial charge in [-0.1, -0.05) is 6.92 Å². The molecule has 5 nitrogen and oxygen atoms in total. The monoisotopic (exact) mass is 262 g/mol. The van der Waals surface area contributed by atoms with Gasteiger partial charge < -0.3 is 15.2 Å². The minimum Gasteiger partial charge on any atom is -0.397 e. The Morgan fingerprint density at radius 2 is 2.26 bits per heavy atom. The Labute approximate surface area is 114 Å². The molecule has 0 bridgehead atoms. The van der Waals surface area contributed by atoms with Crippen LogP contribution in [0.4, 0.5) is 5.69 Å². The summed E-state index contributed by atoms with van der Waals surface area (Å²) >= 11 is 0. The minimum absolute atomic E-state index is 0.0598. The van der Waals surface area contributed by atoms with Crippen LogP contribution in [0.15, 0.2) is 12.3 Å². The number of amides is 1. The van der Waals surface area contributed by atoms with Gasteiger partial charge in [-0.05, 0) is 26.3 Å². The Balaban J connectivity index is 2.99. The van der Waals surface area contributed by atoms with E-state index in [9.17, 15) is 4.79 Å². The van der Waals surface area contributed by atoms with Crippen LogP contribution in [0.1, 0.15) is 44.1 Å². The molecule has 1 heterocycles. The zero-order valence-electron chi connectivity index (χ0n) is 11.9. The summed E-state index contributed by atoms with van der Waals surface area (Å²) in [5, 5.41) is 8.68. The second-order valence-electron chi connectivity index (χ2n) is 4.85. The Kier molecular flexibility index (Phi) is 5.43. The van der Waals surface area contributed by atoms with Crippen molar-refractivity contribution in [2.75, 3.05) is 12.3 Å². The molecule has 1 rings (SSSR count). The SMILES string of the molecule is CCCn1cc(N)cc1C(=O)N(CCC#N)C(C)C. The zero-order chi connectivity index (χ0) is 14.4. The van der Waals surface area contributed by atoms with E-state index in [0.29, 0.717) is 24.3 Å². The Hall–Kier alpha value is -1.96. The lowest BCUT2D eigenvalue weighted by atomic mass is 10.2. The molecule has 0 saturated carbocycles. The largest absolute Gasteiger partial charge is 0.397 e. The van der Waals surface area contributed by atoms with Crippen molar-refractivity contribution in [3.05, 3.63) is 18.0 Å². The van der Waals surface area contributed by atoms with Crippen molar-refractivity contribution >= 4 is 11.6 Å². The maximum absolute atomic E-state index is 12.5. The average molecular weight is 262 g/mol. The third-order valence-electron chi connectivity index (χ3n) is 2.95. The summed E-state index contributed by atoms with van der Waals surface area (Å²) in [5.74, 6) is -0.0598. The molecule has 104 valence electrons. The normalized spacial score (nSPS) is 10.5. The third kappa shape index (κ3) is 3.75. The molecule has 0 aromatic carbocycles. The molecule has 2 N–H and O–H groups in total. The van der Waals surface area contributed by atoms with Crippen molar-refractivity contribution in [1.82, 2.24) is 9.47 Å².